The highest BCUT2D eigenvalue weighted by Crippen LogP contribution is 2.46. The van der Waals surface area contributed by atoms with Crippen molar-refractivity contribution in [3.05, 3.63) is 23.8 Å². The zero-order valence-electron chi connectivity index (χ0n) is 8.86. The Kier molecular flexibility index (Phi) is 1.94. The Labute approximate surface area is 93.3 Å². The van der Waals surface area contributed by atoms with Crippen LogP contribution < -0.4 is 10.5 Å². The van der Waals surface area contributed by atoms with Crippen LogP contribution in [0.4, 0.5) is 5.69 Å². The van der Waals surface area contributed by atoms with Gasteiger partial charge < -0.3 is 15.2 Å². The third kappa shape index (κ3) is 1.16. The number of nitrogen functional groups attached to an aromatic ring is 1. The van der Waals surface area contributed by atoms with Gasteiger partial charge in [0.1, 0.15) is 11.2 Å². The quantitative estimate of drug-likeness (QED) is 0.405. The van der Waals surface area contributed by atoms with E-state index in [1.165, 1.54) is 0 Å². The van der Waals surface area contributed by atoms with Gasteiger partial charge >= 0.3 is 5.97 Å². The Morgan fingerprint density at radius 2 is 2.00 bits per heavy atom. The summed E-state index contributed by atoms with van der Waals surface area (Å²) in [5.74, 6) is 0.461. The van der Waals surface area contributed by atoms with E-state index in [1.54, 1.807) is 6.07 Å². The van der Waals surface area contributed by atoms with Gasteiger partial charge in [-0.25, -0.2) is 0 Å². The van der Waals surface area contributed by atoms with Crippen molar-refractivity contribution in [2.24, 2.45) is 0 Å². The van der Waals surface area contributed by atoms with E-state index < -0.39 is 5.41 Å². The first-order valence-electron chi connectivity index (χ1n) is 5.42. The molecule has 1 aromatic rings. The summed E-state index contributed by atoms with van der Waals surface area (Å²) in [6.07, 6.45) is 1.39. The van der Waals surface area contributed by atoms with E-state index in [1.807, 2.05) is 12.1 Å². The number of fused-ring (bicyclic) bond motifs is 2. The molecule has 0 bridgehead atoms. The molecule has 16 heavy (non-hydrogen) atoms. The van der Waals surface area contributed by atoms with E-state index in [4.69, 9.17) is 15.2 Å². The third-order valence-corrected chi connectivity index (χ3v) is 3.46. The number of hydrogen-bond donors (Lipinski definition) is 1. The Bertz CT molecular complexity index is 450. The molecule has 2 heterocycles. The molecule has 2 aliphatic heterocycles. The van der Waals surface area contributed by atoms with Crippen LogP contribution in [-0.4, -0.2) is 19.2 Å². The summed E-state index contributed by atoms with van der Waals surface area (Å²) in [4.78, 5) is 12.0. The second kappa shape index (κ2) is 3.22. The maximum Gasteiger partial charge on any atom is 0.322 e. The minimum Gasteiger partial charge on any atom is -0.425 e. The summed E-state index contributed by atoms with van der Waals surface area (Å²) in [5, 5.41) is 0. The molecule has 2 N–H and O–H groups in total. The Morgan fingerprint density at radius 3 is 2.75 bits per heavy atom. The molecule has 0 radical (unpaired) electrons. The molecule has 2 aliphatic rings. The van der Waals surface area contributed by atoms with Gasteiger partial charge in [0, 0.05) is 30.5 Å². The van der Waals surface area contributed by atoms with Gasteiger partial charge in [-0.15, -0.1) is 0 Å². The molecule has 1 fully saturated rings. The summed E-state index contributed by atoms with van der Waals surface area (Å²) < 4.78 is 10.6. The molecule has 4 nitrogen and oxygen atoms in total. The van der Waals surface area contributed by atoms with E-state index >= 15 is 0 Å². The predicted octanol–water partition coefficient (Wildman–Crippen LogP) is 1.24. The van der Waals surface area contributed by atoms with Crippen molar-refractivity contribution in [3.63, 3.8) is 0 Å². The van der Waals surface area contributed by atoms with Crippen LogP contribution >= 0.6 is 0 Å². The second-order valence-electron chi connectivity index (χ2n) is 4.34. The first-order chi connectivity index (χ1) is 7.72. The van der Waals surface area contributed by atoms with Crippen LogP contribution in [0.25, 0.3) is 0 Å². The summed E-state index contributed by atoms with van der Waals surface area (Å²) in [6, 6.07) is 5.44. The van der Waals surface area contributed by atoms with Gasteiger partial charge in [-0.2, -0.15) is 0 Å². The maximum absolute atomic E-state index is 12.0. The lowest BCUT2D eigenvalue weighted by Gasteiger charge is -2.29. The van der Waals surface area contributed by atoms with Crippen molar-refractivity contribution in [3.8, 4) is 5.75 Å². The number of rotatable bonds is 0. The van der Waals surface area contributed by atoms with Crippen LogP contribution in [0.15, 0.2) is 18.2 Å². The van der Waals surface area contributed by atoms with E-state index in [0.29, 0.717) is 37.5 Å². The number of nitrogens with two attached hydrogens (primary N) is 1. The zero-order chi connectivity index (χ0) is 11.2. The molecule has 0 saturated carbocycles. The molecule has 0 amide bonds. The molecule has 0 unspecified atom stereocenters. The highest BCUT2D eigenvalue weighted by molar-refractivity contribution is 5.91. The SMILES string of the molecule is Nc1ccc2c(c1)OC(=O)C21CCOCC1. The van der Waals surface area contributed by atoms with Crippen LogP contribution in [0.3, 0.4) is 0 Å². The number of carbonyl (C=O) groups excluding carboxylic acids is 1. The normalized spacial score (nSPS) is 21.9. The summed E-state index contributed by atoms with van der Waals surface area (Å²) >= 11 is 0. The van der Waals surface area contributed by atoms with E-state index in [9.17, 15) is 4.79 Å². The van der Waals surface area contributed by atoms with E-state index in [2.05, 4.69) is 0 Å². The average molecular weight is 219 g/mol. The first kappa shape index (κ1) is 9.66. The number of carbonyl (C=O) groups is 1. The molecular formula is C12H13NO3. The molecule has 1 aromatic carbocycles. The van der Waals surface area contributed by atoms with Crippen molar-refractivity contribution in [1.29, 1.82) is 0 Å². The fraction of sp³-hybridized carbons (Fsp3) is 0.417. The van der Waals surface area contributed by atoms with Crippen LogP contribution in [0.2, 0.25) is 0 Å². The van der Waals surface area contributed by atoms with Gasteiger partial charge in [-0.1, -0.05) is 6.07 Å². The van der Waals surface area contributed by atoms with Crippen LogP contribution in [0.1, 0.15) is 18.4 Å². The summed E-state index contributed by atoms with van der Waals surface area (Å²) in [5.41, 5.74) is 6.78. The van der Waals surface area contributed by atoms with Crippen LogP contribution in [0.5, 0.6) is 5.75 Å². The fourth-order valence-corrected chi connectivity index (χ4v) is 2.52. The minimum atomic E-state index is -0.485. The fourth-order valence-electron chi connectivity index (χ4n) is 2.52. The summed E-state index contributed by atoms with van der Waals surface area (Å²) in [7, 11) is 0. The number of benzene rings is 1. The second-order valence-corrected chi connectivity index (χ2v) is 4.34. The molecule has 1 saturated heterocycles. The van der Waals surface area contributed by atoms with Crippen molar-refractivity contribution in [1.82, 2.24) is 0 Å². The monoisotopic (exact) mass is 219 g/mol. The molecular weight excluding hydrogens is 206 g/mol. The van der Waals surface area contributed by atoms with Crippen molar-refractivity contribution in [2.45, 2.75) is 18.3 Å². The Morgan fingerprint density at radius 1 is 1.25 bits per heavy atom. The first-order valence-corrected chi connectivity index (χ1v) is 5.42. The highest BCUT2D eigenvalue weighted by atomic mass is 16.5. The van der Waals surface area contributed by atoms with Gasteiger partial charge in [0.25, 0.3) is 0 Å². The van der Waals surface area contributed by atoms with Gasteiger partial charge in [-0.05, 0) is 18.9 Å². The molecule has 0 aliphatic carbocycles. The minimum absolute atomic E-state index is 0.156. The van der Waals surface area contributed by atoms with Crippen LogP contribution in [0, 0.1) is 0 Å². The largest absolute Gasteiger partial charge is 0.425 e. The number of anilines is 1. The lowest BCUT2D eigenvalue weighted by Crippen LogP contribution is -2.39. The highest BCUT2D eigenvalue weighted by Gasteiger charge is 2.49. The number of hydrogen-bond acceptors (Lipinski definition) is 4. The van der Waals surface area contributed by atoms with E-state index in [0.717, 1.165) is 5.56 Å². The lowest BCUT2D eigenvalue weighted by molar-refractivity contribution is -0.141. The smallest absolute Gasteiger partial charge is 0.322 e. The summed E-state index contributed by atoms with van der Waals surface area (Å²) in [6.45, 7) is 1.22. The average Bonchev–Trinajstić information content (AvgIpc) is 2.53. The number of esters is 1. The van der Waals surface area contributed by atoms with Crippen LogP contribution in [-0.2, 0) is 14.9 Å². The van der Waals surface area contributed by atoms with Crippen molar-refractivity contribution >= 4 is 11.7 Å². The standard InChI is InChI=1S/C12H13NO3/c13-8-1-2-9-10(7-8)16-11(14)12(9)3-5-15-6-4-12/h1-2,7H,3-6,13H2. The third-order valence-electron chi connectivity index (χ3n) is 3.46. The molecule has 4 heteroatoms. The van der Waals surface area contributed by atoms with Gasteiger partial charge in [0.05, 0.1) is 0 Å². The molecule has 0 aromatic heterocycles. The molecule has 1 spiro atoms. The molecule has 3 rings (SSSR count). The molecule has 84 valence electrons. The predicted molar refractivity (Wildman–Crippen MR) is 58.2 cm³/mol. The topological polar surface area (TPSA) is 61.5 Å². The molecule has 0 atom stereocenters. The Balaban J connectivity index is 2.11. The van der Waals surface area contributed by atoms with Gasteiger partial charge in [0.2, 0.25) is 0 Å². The van der Waals surface area contributed by atoms with Crippen molar-refractivity contribution < 1.29 is 14.3 Å². The lowest BCUT2D eigenvalue weighted by atomic mass is 9.75. The van der Waals surface area contributed by atoms with Crippen molar-refractivity contribution in [2.75, 3.05) is 18.9 Å². The van der Waals surface area contributed by atoms with Gasteiger partial charge in [-0.3, -0.25) is 4.79 Å². The van der Waals surface area contributed by atoms with Gasteiger partial charge in [0.15, 0.2) is 0 Å². The maximum atomic E-state index is 12.0. The number of ether oxygens (including phenoxy) is 2. The Hall–Kier alpha value is -1.55. The van der Waals surface area contributed by atoms with E-state index in [-0.39, 0.29) is 5.97 Å². The zero-order valence-corrected chi connectivity index (χ0v) is 8.86.